The van der Waals surface area contributed by atoms with E-state index in [1.54, 1.807) is 48.3 Å². The number of halogens is 2. The van der Waals surface area contributed by atoms with Gasteiger partial charge in [-0.05, 0) is 35.9 Å². The highest BCUT2D eigenvalue weighted by molar-refractivity contribution is 6.31. The topological polar surface area (TPSA) is 32.3 Å². The summed E-state index contributed by atoms with van der Waals surface area (Å²) in [5.74, 6) is 0. The number of nitrogens with one attached hydrogen (secondary N) is 1. The second kappa shape index (κ2) is 6.64. The Hall–Kier alpha value is -1.71. The van der Waals surface area contributed by atoms with Crippen molar-refractivity contribution in [3.8, 4) is 0 Å². The van der Waals surface area contributed by atoms with Crippen LogP contribution in [0.15, 0.2) is 48.5 Å². The third-order valence-corrected chi connectivity index (χ3v) is 3.24. The SMILES string of the molecule is CN(Cc1ccc(Cl)cc1)C(=O)Nc1cccc(Cl)c1. The van der Waals surface area contributed by atoms with Gasteiger partial charge < -0.3 is 10.2 Å². The molecule has 0 atom stereocenters. The zero-order valence-electron chi connectivity index (χ0n) is 10.9. The van der Waals surface area contributed by atoms with Crippen molar-refractivity contribution in [3.05, 3.63) is 64.1 Å². The van der Waals surface area contributed by atoms with Gasteiger partial charge in [-0.2, -0.15) is 0 Å². The van der Waals surface area contributed by atoms with E-state index < -0.39 is 0 Å². The number of urea groups is 1. The lowest BCUT2D eigenvalue weighted by Gasteiger charge is -2.18. The molecule has 1 N–H and O–H groups in total. The van der Waals surface area contributed by atoms with E-state index in [4.69, 9.17) is 23.2 Å². The van der Waals surface area contributed by atoms with Gasteiger partial charge in [0, 0.05) is 29.3 Å². The van der Waals surface area contributed by atoms with Gasteiger partial charge in [-0.3, -0.25) is 0 Å². The molecule has 104 valence electrons. The molecule has 0 aliphatic rings. The van der Waals surface area contributed by atoms with Crippen LogP contribution in [0.3, 0.4) is 0 Å². The predicted octanol–water partition coefficient (Wildman–Crippen LogP) is 4.66. The number of hydrogen-bond acceptors (Lipinski definition) is 1. The van der Waals surface area contributed by atoms with Crippen LogP contribution in [0.4, 0.5) is 10.5 Å². The molecule has 0 aromatic heterocycles. The number of carbonyl (C=O) groups excluding carboxylic acids is 1. The molecule has 0 saturated heterocycles. The summed E-state index contributed by atoms with van der Waals surface area (Å²) < 4.78 is 0. The molecule has 2 aromatic carbocycles. The highest BCUT2D eigenvalue weighted by Gasteiger charge is 2.09. The number of rotatable bonds is 3. The van der Waals surface area contributed by atoms with E-state index >= 15 is 0 Å². The van der Waals surface area contributed by atoms with Crippen LogP contribution < -0.4 is 5.32 Å². The molecule has 0 unspecified atom stereocenters. The molecule has 0 spiro atoms. The van der Waals surface area contributed by atoms with Crippen molar-refractivity contribution in [2.24, 2.45) is 0 Å². The number of hydrogen-bond donors (Lipinski definition) is 1. The molecule has 0 aliphatic carbocycles. The van der Waals surface area contributed by atoms with Crippen LogP contribution in [0.25, 0.3) is 0 Å². The van der Waals surface area contributed by atoms with E-state index in [9.17, 15) is 4.79 Å². The largest absolute Gasteiger partial charge is 0.323 e. The lowest BCUT2D eigenvalue weighted by atomic mass is 10.2. The molecule has 2 aromatic rings. The van der Waals surface area contributed by atoms with Crippen molar-refractivity contribution in [2.75, 3.05) is 12.4 Å². The van der Waals surface area contributed by atoms with Crippen molar-refractivity contribution in [1.82, 2.24) is 4.90 Å². The van der Waals surface area contributed by atoms with E-state index in [1.807, 2.05) is 12.1 Å². The van der Waals surface area contributed by atoms with Gasteiger partial charge >= 0.3 is 6.03 Å². The maximum Gasteiger partial charge on any atom is 0.321 e. The van der Waals surface area contributed by atoms with E-state index in [0.717, 1.165) is 5.56 Å². The zero-order chi connectivity index (χ0) is 14.5. The first kappa shape index (κ1) is 14.7. The maximum atomic E-state index is 12.0. The van der Waals surface area contributed by atoms with E-state index in [1.165, 1.54) is 0 Å². The molecule has 20 heavy (non-hydrogen) atoms. The molecule has 2 rings (SSSR count). The number of benzene rings is 2. The fourth-order valence-corrected chi connectivity index (χ4v) is 2.04. The number of anilines is 1. The average molecular weight is 309 g/mol. The van der Waals surface area contributed by atoms with Gasteiger partial charge in [-0.25, -0.2) is 4.79 Å². The predicted molar refractivity (Wildman–Crippen MR) is 83.4 cm³/mol. The van der Waals surface area contributed by atoms with Crippen molar-refractivity contribution >= 4 is 34.9 Å². The number of amides is 2. The van der Waals surface area contributed by atoms with Crippen molar-refractivity contribution in [1.29, 1.82) is 0 Å². The number of carbonyl (C=O) groups is 1. The van der Waals surface area contributed by atoms with Crippen LogP contribution in [0.2, 0.25) is 10.0 Å². The van der Waals surface area contributed by atoms with Crippen LogP contribution in [0, 0.1) is 0 Å². The molecule has 0 radical (unpaired) electrons. The van der Waals surface area contributed by atoms with Gasteiger partial charge in [0.25, 0.3) is 0 Å². The van der Waals surface area contributed by atoms with Crippen LogP contribution in [-0.4, -0.2) is 18.0 Å². The molecule has 3 nitrogen and oxygen atoms in total. The Kier molecular flexibility index (Phi) is 4.88. The van der Waals surface area contributed by atoms with Gasteiger partial charge in [0.1, 0.15) is 0 Å². The molecule has 5 heteroatoms. The highest BCUT2D eigenvalue weighted by atomic mass is 35.5. The normalized spacial score (nSPS) is 10.2. The van der Waals surface area contributed by atoms with Crippen LogP contribution in [0.5, 0.6) is 0 Å². The second-order valence-corrected chi connectivity index (χ2v) is 5.30. The first-order valence-electron chi connectivity index (χ1n) is 6.07. The Balaban J connectivity index is 1.96. The van der Waals surface area contributed by atoms with E-state index in [-0.39, 0.29) is 6.03 Å². The number of nitrogens with zero attached hydrogens (tertiary/aromatic N) is 1. The summed E-state index contributed by atoms with van der Waals surface area (Å²) in [5, 5.41) is 4.06. The highest BCUT2D eigenvalue weighted by Crippen LogP contribution is 2.16. The van der Waals surface area contributed by atoms with Gasteiger partial charge in [0.15, 0.2) is 0 Å². The summed E-state index contributed by atoms with van der Waals surface area (Å²) in [4.78, 5) is 13.6. The first-order chi connectivity index (χ1) is 9.54. The summed E-state index contributed by atoms with van der Waals surface area (Å²) in [6.45, 7) is 0.504. The van der Waals surface area contributed by atoms with Gasteiger partial charge in [0.05, 0.1) is 0 Å². The average Bonchev–Trinajstić information content (AvgIpc) is 2.41. The summed E-state index contributed by atoms with van der Waals surface area (Å²) in [6.07, 6.45) is 0. The Morgan fingerprint density at radius 3 is 2.45 bits per heavy atom. The molecular formula is C15H14Cl2N2O. The molecule has 2 amide bonds. The Morgan fingerprint density at radius 2 is 1.80 bits per heavy atom. The molecule has 0 fully saturated rings. The van der Waals surface area contributed by atoms with E-state index in [0.29, 0.717) is 22.3 Å². The second-order valence-electron chi connectivity index (χ2n) is 4.42. The van der Waals surface area contributed by atoms with Crippen molar-refractivity contribution in [3.63, 3.8) is 0 Å². The Bertz CT molecular complexity index is 599. The van der Waals surface area contributed by atoms with Crippen molar-refractivity contribution in [2.45, 2.75) is 6.54 Å². The Labute approximate surface area is 128 Å². The van der Waals surface area contributed by atoms with Crippen LogP contribution in [-0.2, 0) is 6.54 Å². The maximum absolute atomic E-state index is 12.0. The summed E-state index contributed by atoms with van der Waals surface area (Å²) in [6, 6.07) is 14.2. The van der Waals surface area contributed by atoms with Gasteiger partial charge in [-0.1, -0.05) is 41.4 Å². The monoisotopic (exact) mass is 308 g/mol. The fourth-order valence-electron chi connectivity index (χ4n) is 1.72. The van der Waals surface area contributed by atoms with Crippen LogP contribution >= 0.6 is 23.2 Å². The fraction of sp³-hybridized carbons (Fsp3) is 0.133. The van der Waals surface area contributed by atoms with Gasteiger partial charge in [0.2, 0.25) is 0 Å². The molecule has 0 heterocycles. The molecule has 0 saturated carbocycles. The zero-order valence-corrected chi connectivity index (χ0v) is 12.4. The minimum Gasteiger partial charge on any atom is -0.323 e. The van der Waals surface area contributed by atoms with Crippen LogP contribution in [0.1, 0.15) is 5.56 Å². The van der Waals surface area contributed by atoms with Crippen molar-refractivity contribution < 1.29 is 4.79 Å². The molecule has 0 bridgehead atoms. The smallest absolute Gasteiger partial charge is 0.321 e. The summed E-state index contributed by atoms with van der Waals surface area (Å²) in [7, 11) is 1.73. The minimum absolute atomic E-state index is 0.192. The standard InChI is InChI=1S/C15H14Cl2N2O/c1-19(10-11-5-7-12(16)8-6-11)15(20)18-14-4-2-3-13(17)9-14/h2-9H,10H2,1H3,(H,18,20). The molecular weight excluding hydrogens is 295 g/mol. The van der Waals surface area contributed by atoms with Gasteiger partial charge in [-0.15, -0.1) is 0 Å². The Morgan fingerprint density at radius 1 is 1.10 bits per heavy atom. The quantitative estimate of drug-likeness (QED) is 0.879. The minimum atomic E-state index is -0.192. The summed E-state index contributed by atoms with van der Waals surface area (Å²) >= 11 is 11.7. The summed E-state index contributed by atoms with van der Waals surface area (Å²) in [5.41, 5.74) is 1.68. The third-order valence-electron chi connectivity index (χ3n) is 2.76. The lowest BCUT2D eigenvalue weighted by Crippen LogP contribution is -2.30. The van der Waals surface area contributed by atoms with E-state index in [2.05, 4.69) is 5.32 Å². The lowest BCUT2D eigenvalue weighted by molar-refractivity contribution is 0.220. The third kappa shape index (κ3) is 4.15. The molecule has 0 aliphatic heterocycles. The first-order valence-corrected chi connectivity index (χ1v) is 6.82.